The van der Waals surface area contributed by atoms with Crippen LogP contribution in [0, 0.1) is 0 Å². The zero-order valence-electron chi connectivity index (χ0n) is 18.9. The number of nitrogens with one attached hydrogen (secondary N) is 2. The van der Waals surface area contributed by atoms with Gasteiger partial charge >= 0.3 is 0 Å². The minimum atomic E-state index is -0.673. The first kappa shape index (κ1) is 23.9. The first-order valence-corrected chi connectivity index (χ1v) is 11.5. The van der Waals surface area contributed by atoms with Crippen molar-refractivity contribution in [2.45, 2.75) is 58.6 Å². The largest absolute Gasteiger partial charge is 0.474 e. The highest BCUT2D eigenvalue weighted by Crippen LogP contribution is 2.25. The van der Waals surface area contributed by atoms with Crippen LogP contribution in [-0.4, -0.2) is 42.0 Å². The van der Waals surface area contributed by atoms with Crippen LogP contribution in [0.4, 0.5) is 11.4 Å². The number of nitrogens with zero attached hydrogens (tertiary/aromatic N) is 2. The molecule has 7 nitrogen and oxygen atoms in total. The predicted octanol–water partition coefficient (Wildman–Crippen LogP) is 4.66. The summed E-state index contributed by atoms with van der Waals surface area (Å²) in [6.45, 7) is 7.77. The lowest BCUT2D eigenvalue weighted by molar-refractivity contribution is -0.118. The quantitative estimate of drug-likeness (QED) is 0.571. The normalized spacial score (nSPS) is 14.3. The number of aromatic nitrogens is 1. The van der Waals surface area contributed by atoms with Crippen molar-refractivity contribution >= 4 is 34.8 Å². The van der Waals surface area contributed by atoms with Gasteiger partial charge in [-0.3, -0.25) is 9.59 Å². The number of rotatable bonds is 9. The predicted molar refractivity (Wildman–Crippen MR) is 128 cm³/mol. The maximum atomic E-state index is 12.9. The van der Waals surface area contributed by atoms with Gasteiger partial charge in [0.1, 0.15) is 11.1 Å². The molecular formula is C24H31ClN4O3. The van der Waals surface area contributed by atoms with E-state index in [1.54, 1.807) is 0 Å². The summed E-state index contributed by atoms with van der Waals surface area (Å²) in [5, 5.41) is 6.01. The molecule has 2 heterocycles. The number of carbonyl (C=O) groups excluding carboxylic acids is 2. The molecule has 0 bridgehead atoms. The van der Waals surface area contributed by atoms with E-state index in [4.69, 9.17) is 16.3 Å². The van der Waals surface area contributed by atoms with Crippen molar-refractivity contribution in [2.24, 2.45) is 0 Å². The molecule has 2 N–H and O–H groups in total. The third kappa shape index (κ3) is 6.36. The zero-order chi connectivity index (χ0) is 23.1. The SMILES string of the molecule is CCCC(NC(=O)c1cnc(OC(C)C)c(Cl)c1)C(=O)Nc1cccc(N2CCCC2)c1. The van der Waals surface area contributed by atoms with Crippen molar-refractivity contribution in [1.82, 2.24) is 10.3 Å². The molecule has 2 aromatic rings. The molecule has 1 aliphatic rings. The molecule has 0 spiro atoms. The van der Waals surface area contributed by atoms with Gasteiger partial charge in [0, 0.05) is 30.7 Å². The van der Waals surface area contributed by atoms with Crippen molar-refractivity contribution in [3.63, 3.8) is 0 Å². The van der Waals surface area contributed by atoms with E-state index in [1.165, 1.54) is 25.1 Å². The standard InChI is InChI=1S/C24H31ClN4O3/c1-4-8-21(28-22(30)17-13-20(25)24(26-15-17)32-16(2)3)23(31)27-18-9-7-10-19(14-18)29-11-5-6-12-29/h7,9-10,13-16,21H,4-6,8,11-12H2,1-3H3,(H,27,31)(H,28,30). The maximum absolute atomic E-state index is 12.9. The van der Waals surface area contributed by atoms with Crippen LogP contribution in [-0.2, 0) is 4.79 Å². The van der Waals surface area contributed by atoms with Gasteiger partial charge in [-0.2, -0.15) is 0 Å². The van der Waals surface area contributed by atoms with E-state index in [0.29, 0.717) is 6.42 Å². The number of amides is 2. The van der Waals surface area contributed by atoms with Crippen molar-refractivity contribution < 1.29 is 14.3 Å². The molecule has 3 rings (SSSR count). The average molecular weight is 459 g/mol. The monoisotopic (exact) mass is 458 g/mol. The summed E-state index contributed by atoms with van der Waals surface area (Å²) in [6.07, 6.45) is 4.95. The molecule has 172 valence electrons. The van der Waals surface area contributed by atoms with Gasteiger partial charge in [0.15, 0.2) is 0 Å². The third-order valence-corrected chi connectivity index (χ3v) is 5.47. The van der Waals surface area contributed by atoms with E-state index in [-0.39, 0.29) is 28.5 Å². The van der Waals surface area contributed by atoms with Gasteiger partial charge in [-0.05, 0) is 57.4 Å². The molecular weight excluding hydrogens is 428 g/mol. The summed E-state index contributed by atoms with van der Waals surface area (Å²) in [4.78, 5) is 32.1. The summed E-state index contributed by atoms with van der Waals surface area (Å²) < 4.78 is 5.51. The highest BCUT2D eigenvalue weighted by molar-refractivity contribution is 6.32. The van der Waals surface area contributed by atoms with Crippen LogP contribution in [0.15, 0.2) is 36.5 Å². The average Bonchev–Trinajstić information content (AvgIpc) is 3.29. The van der Waals surface area contributed by atoms with Crippen molar-refractivity contribution in [1.29, 1.82) is 0 Å². The van der Waals surface area contributed by atoms with Gasteiger partial charge in [0.05, 0.1) is 11.7 Å². The first-order valence-electron chi connectivity index (χ1n) is 11.2. The van der Waals surface area contributed by atoms with Crippen LogP contribution >= 0.6 is 11.6 Å². The Hall–Kier alpha value is -2.80. The lowest BCUT2D eigenvalue weighted by atomic mass is 10.1. The Morgan fingerprint density at radius 1 is 1.22 bits per heavy atom. The number of benzene rings is 1. The van der Waals surface area contributed by atoms with E-state index in [1.807, 2.05) is 39.0 Å². The molecule has 1 atom stereocenters. The molecule has 1 unspecified atom stereocenters. The Kier molecular flexibility index (Phi) is 8.33. The van der Waals surface area contributed by atoms with Crippen molar-refractivity contribution in [3.8, 4) is 5.88 Å². The van der Waals surface area contributed by atoms with Gasteiger partial charge in [-0.25, -0.2) is 4.98 Å². The van der Waals surface area contributed by atoms with E-state index < -0.39 is 11.9 Å². The minimum absolute atomic E-state index is 0.0821. The van der Waals surface area contributed by atoms with Gasteiger partial charge in [0.25, 0.3) is 5.91 Å². The van der Waals surface area contributed by atoms with Crippen LogP contribution < -0.4 is 20.3 Å². The second kappa shape index (κ2) is 11.2. The van der Waals surface area contributed by atoms with Gasteiger partial charge < -0.3 is 20.3 Å². The number of halogens is 1. The van der Waals surface area contributed by atoms with Crippen LogP contribution in [0.5, 0.6) is 5.88 Å². The highest BCUT2D eigenvalue weighted by atomic mass is 35.5. The van der Waals surface area contributed by atoms with Crippen LogP contribution in [0.2, 0.25) is 5.02 Å². The number of ether oxygens (including phenoxy) is 1. The Labute approximate surface area is 194 Å². The smallest absolute Gasteiger partial charge is 0.253 e. The van der Waals surface area contributed by atoms with Gasteiger partial charge in [-0.15, -0.1) is 0 Å². The fourth-order valence-corrected chi connectivity index (χ4v) is 3.85. The zero-order valence-corrected chi connectivity index (χ0v) is 19.6. The van der Waals surface area contributed by atoms with E-state index >= 15 is 0 Å². The summed E-state index contributed by atoms with van der Waals surface area (Å²) in [6, 6.07) is 8.65. The Bertz CT molecular complexity index is 945. The lowest BCUT2D eigenvalue weighted by Crippen LogP contribution is -2.43. The number of carbonyl (C=O) groups is 2. The van der Waals surface area contributed by atoms with E-state index in [2.05, 4.69) is 26.6 Å². The minimum Gasteiger partial charge on any atom is -0.474 e. The number of pyridine rings is 1. The second-order valence-corrected chi connectivity index (χ2v) is 8.63. The molecule has 0 saturated carbocycles. The molecule has 1 aromatic heterocycles. The summed E-state index contributed by atoms with van der Waals surface area (Å²) >= 11 is 6.20. The molecule has 1 aromatic carbocycles. The first-order chi connectivity index (χ1) is 15.4. The Balaban J connectivity index is 1.67. The Morgan fingerprint density at radius 2 is 1.97 bits per heavy atom. The van der Waals surface area contributed by atoms with Crippen molar-refractivity contribution in [2.75, 3.05) is 23.3 Å². The highest BCUT2D eigenvalue weighted by Gasteiger charge is 2.22. The molecule has 8 heteroatoms. The third-order valence-electron chi connectivity index (χ3n) is 5.20. The number of hydrogen-bond donors (Lipinski definition) is 2. The fraction of sp³-hybridized carbons (Fsp3) is 0.458. The fourth-order valence-electron chi connectivity index (χ4n) is 3.64. The molecule has 1 saturated heterocycles. The number of hydrogen-bond acceptors (Lipinski definition) is 5. The van der Waals surface area contributed by atoms with Gasteiger partial charge in [0.2, 0.25) is 11.8 Å². The summed E-state index contributed by atoms with van der Waals surface area (Å²) in [5.41, 5.74) is 2.09. The Morgan fingerprint density at radius 3 is 2.62 bits per heavy atom. The lowest BCUT2D eigenvalue weighted by Gasteiger charge is -2.20. The number of anilines is 2. The molecule has 2 amide bonds. The summed E-state index contributed by atoms with van der Waals surface area (Å²) in [7, 11) is 0. The second-order valence-electron chi connectivity index (χ2n) is 8.23. The molecule has 1 aliphatic heterocycles. The molecule has 1 fully saturated rings. The van der Waals surface area contributed by atoms with E-state index in [0.717, 1.165) is 30.9 Å². The molecule has 0 aliphatic carbocycles. The summed E-state index contributed by atoms with van der Waals surface area (Å²) in [5.74, 6) is -0.383. The topological polar surface area (TPSA) is 83.6 Å². The maximum Gasteiger partial charge on any atom is 0.253 e. The van der Waals surface area contributed by atoms with Crippen LogP contribution in [0.1, 0.15) is 56.8 Å². The van der Waals surface area contributed by atoms with Crippen LogP contribution in [0.25, 0.3) is 0 Å². The van der Waals surface area contributed by atoms with Crippen LogP contribution in [0.3, 0.4) is 0 Å². The van der Waals surface area contributed by atoms with Crippen molar-refractivity contribution in [3.05, 3.63) is 47.1 Å². The van der Waals surface area contributed by atoms with E-state index in [9.17, 15) is 9.59 Å². The molecule has 32 heavy (non-hydrogen) atoms. The van der Waals surface area contributed by atoms with Gasteiger partial charge in [-0.1, -0.05) is 31.0 Å². The molecule has 0 radical (unpaired) electrons.